The van der Waals surface area contributed by atoms with Gasteiger partial charge in [-0.3, -0.25) is 0 Å². The third-order valence-corrected chi connectivity index (χ3v) is 3.15. The van der Waals surface area contributed by atoms with Gasteiger partial charge in [-0.2, -0.15) is 0 Å². The van der Waals surface area contributed by atoms with Crippen molar-refractivity contribution in [1.82, 2.24) is 0 Å². The Bertz CT molecular complexity index is 593. The van der Waals surface area contributed by atoms with Crippen molar-refractivity contribution < 1.29 is 19.4 Å². The minimum Gasteiger partial charge on any atom is -0.507 e. The van der Waals surface area contributed by atoms with Gasteiger partial charge in [-0.15, -0.1) is 0 Å². The highest BCUT2D eigenvalue weighted by atomic mass is 16.5. The summed E-state index contributed by atoms with van der Waals surface area (Å²) >= 11 is 0. The predicted molar refractivity (Wildman–Crippen MR) is 79.2 cm³/mol. The quantitative estimate of drug-likeness (QED) is 0.655. The fraction of sp³-hybridized carbons (Fsp3) is 0.235. The van der Waals surface area contributed by atoms with Gasteiger partial charge in [-0.05, 0) is 23.6 Å². The molecule has 0 aliphatic rings. The molecule has 0 aromatic heterocycles. The number of esters is 1. The van der Waals surface area contributed by atoms with Crippen LogP contribution < -0.4 is 0 Å². The number of phenolic OH excluding ortho intramolecular Hbond substituents is 1. The van der Waals surface area contributed by atoms with E-state index in [1.165, 1.54) is 18.7 Å². The fourth-order valence-electron chi connectivity index (χ4n) is 2.06. The Morgan fingerprint density at radius 1 is 1.10 bits per heavy atom. The highest BCUT2D eigenvalue weighted by molar-refractivity contribution is 5.93. The first-order valence-electron chi connectivity index (χ1n) is 6.73. The van der Waals surface area contributed by atoms with Crippen LogP contribution in [0.3, 0.4) is 0 Å². The second-order valence-corrected chi connectivity index (χ2v) is 4.59. The number of phenols is 1. The molecule has 0 radical (unpaired) electrons. The van der Waals surface area contributed by atoms with Gasteiger partial charge in [0.15, 0.2) is 0 Å². The lowest BCUT2D eigenvalue weighted by molar-refractivity contribution is 0.0588. The molecular formula is C17H18O4. The Morgan fingerprint density at radius 2 is 1.86 bits per heavy atom. The molecule has 2 aromatic carbocycles. The highest BCUT2D eigenvalue weighted by Crippen LogP contribution is 2.22. The van der Waals surface area contributed by atoms with Gasteiger partial charge in [0.05, 0.1) is 20.3 Å². The fourth-order valence-corrected chi connectivity index (χ4v) is 2.06. The molecule has 1 N–H and O–H groups in total. The maximum Gasteiger partial charge on any atom is 0.342 e. The van der Waals surface area contributed by atoms with Crippen molar-refractivity contribution in [1.29, 1.82) is 0 Å². The SMILES string of the molecule is COC(=O)c1c(O)cccc1COCCc1ccccc1. The van der Waals surface area contributed by atoms with Gasteiger partial charge >= 0.3 is 5.97 Å². The summed E-state index contributed by atoms with van der Waals surface area (Å²) in [6, 6.07) is 14.9. The Hall–Kier alpha value is -2.33. The molecule has 0 amide bonds. The van der Waals surface area contributed by atoms with Crippen LogP contribution >= 0.6 is 0 Å². The van der Waals surface area contributed by atoms with Gasteiger partial charge in [0.25, 0.3) is 0 Å². The highest BCUT2D eigenvalue weighted by Gasteiger charge is 2.16. The van der Waals surface area contributed by atoms with Crippen LogP contribution in [-0.4, -0.2) is 24.8 Å². The smallest absolute Gasteiger partial charge is 0.342 e. The molecule has 0 spiro atoms. The van der Waals surface area contributed by atoms with E-state index in [2.05, 4.69) is 4.74 Å². The molecule has 0 heterocycles. The monoisotopic (exact) mass is 286 g/mol. The first kappa shape index (κ1) is 15.1. The maximum atomic E-state index is 11.7. The first-order chi connectivity index (χ1) is 10.2. The van der Waals surface area contributed by atoms with Crippen molar-refractivity contribution in [2.75, 3.05) is 13.7 Å². The number of carbonyl (C=O) groups excluding carboxylic acids is 1. The molecule has 4 nitrogen and oxygen atoms in total. The van der Waals surface area contributed by atoms with Crippen LogP contribution in [0.4, 0.5) is 0 Å². The molecule has 0 saturated carbocycles. The van der Waals surface area contributed by atoms with Crippen molar-refractivity contribution in [2.45, 2.75) is 13.0 Å². The van der Waals surface area contributed by atoms with Crippen LogP contribution in [0.25, 0.3) is 0 Å². The minimum atomic E-state index is -0.560. The summed E-state index contributed by atoms with van der Waals surface area (Å²) in [6.45, 7) is 0.798. The summed E-state index contributed by atoms with van der Waals surface area (Å²) in [5.41, 5.74) is 1.98. The lowest BCUT2D eigenvalue weighted by Crippen LogP contribution is -2.08. The Balaban J connectivity index is 1.94. The summed E-state index contributed by atoms with van der Waals surface area (Å²) in [6.07, 6.45) is 0.799. The Morgan fingerprint density at radius 3 is 2.57 bits per heavy atom. The van der Waals surface area contributed by atoms with Crippen molar-refractivity contribution in [2.24, 2.45) is 0 Å². The molecule has 2 rings (SSSR count). The number of benzene rings is 2. The number of rotatable bonds is 6. The molecule has 0 aliphatic heterocycles. The summed E-state index contributed by atoms with van der Waals surface area (Å²) in [5.74, 6) is -0.652. The minimum absolute atomic E-state index is 0.0917. The molecule has 2 aromatic rings. The van der Waals surface area contributed by atoms with E-state index in [-0.39, 0.29) is 17.9 Å². The first-order valence-corrected chi connectivity index (χ1v) is 6.73. The Kier molecular flexibility index (Phi) is 5.35. The second kappa shape index (κ2) is 7.45. The van der Waals surface area contributed by atoms with E-state index in [1.54, 1.807) is 12.1 Å². The lowest BCUT2D eigenvalue weighted by Gasteiger charge is -2.10. The van der Waals surface area contributed by atoms with E-state index >= 15 is 0 Å². The van der Waals surface area contributed by atoms with E-state index in [4.69, 9.17) is 4.74 Å². The standard InChI is InChI=1S/C17H18O4/c1-20-17(19)16-14(8-5-9-15(16)18)12-21-11-10-13-6-3-2-4-7-13/h2-9,18H,10-12H2,1H3. The summed E-state index contributed by atoms with van der Waals surface area (Å²) in [4.78, 5) is 11.7. The zero-order valence-corrected chi connectivity index (χ0v) is 11.9. The van der Waals surface area contributed by atoms with E-state index < -0.39 is 5.97 Å². The number of aromatic hydroxyl groups is 1. The Labute approximate surface area is 123 Å². The number of methoxy groups -OCH3 is 1. The van der Waals surface area contributed by atoms with Crippen molar-refractivity contribution >= 4 is 5.97 Å². The number of carbonyl (C=O) groups is 1. The third-order valence-electron chi connectivity index (χ3n) is 3.15. The van der Waals surface area contributed by atoms with E-state index in [1.807, 2.05) is 30.3 Å². The molecule has 4 heteroatoms. The molecule has 0 saturated heterocycles. The van der Waals surface area contributed by atoms with Gasteiger partial charge in [-0.1, -0.05) is 42.5 Å². The van der Waals surface area contributed by atoms with Crippen LogP contribution in [0, 0.1) is 0 Å². The van der Waals surface area contributed by atoms with E-state index in [9.17, 15) is 9.90 Å². The lowest BCUT2D eigenvalue weighted by atomic mass is 10.1. The van der Waals surface area contributed by atoms with Gasteiger partial charge in [-0.25, -0.2) is 4.79 Å². The van der Waals surface area contributed by atoms with Gasteiger partial charge in [0.1, 0.15) is 11.3 Å². The van der Waals surface area contributed by atoms with Crippen molar-refractivity contribution in [3.63, 3.8) is 0 Å². The molecule has 0 bridgehead atoms. The van der Waals surface area contributed by atoms with Crippen LogP contribution in [-0.2, 0) is 22.5 Å². The summed E-state index contributed by atoms with van der Waals surface area (Å²) < 4.78 is 10.3. The molecule has 0 unspecified atom stereocenters. The number of ether oxygens (including phenoxy) is 2. The average molecular weight is 286 g/mol. The second-order valence-electron chi connectivity index (χ2n) is 4.59. The van der Waals surface area contributed by atoms with Crippen LogP contribution in [0.2, 0.25) is 0 Å². The van der Waals surface area contributed by atoms with E-state index in [0.29, 0.717) is 12.2 Å². The maximum absolute atomic E-state index is 11.7. The van der Waals surface area contributed by atoms with Gasteiger partial charge in [0.2, 0.25) is 0 Å². The summed E-state index contributed by atoms with van der Waals surface area (Å²) in [5, 5.41) is 9.77. The van der Waals surface area contributed by atoms with Crippen molar-refractivity contribution in [3.05, 3.63) is 65.2 Å². The van der Waals surface area contributed by atoms with Crippen LogP contribution in [0.15, 0.2) is 48.5 Å². The molecule has 110 valence electrons. The topological polar surface area (TPSA) is 55.8 Å². The number of hydrogen-bond donors (Lipinski definition) is 1. The zero-order chi connectivity index (χ0) is 15.1. The number of hydrogen-bond acceptors (Lipinski definition) is 4. The molecule has 21 heavy (non-hydrogen) atoms. The molecule has 0 aliphatic carbocycles. The van der Waals surface area contributed by atoms with E-state index in [0.717, 1.165) is 6.42 Å². The van der Waals surface area contributed by atoms with Gasteiger partial charge < -0.3 is 14.6 Å². The molecule has 0 atom stereocenters. The molecular weight excluding hydrogens is 268 g/mol. The van der Waals surface area contributed by atoms with Gasteiger partial charge in [0, 0.05) is 0 Å². The summed E-state index contributed by atoms with van der Waals surface area (Å²) in [7, 11) is 1.29. The van der Waals surface area contributed by atoms with Crippen LogP contribution in [0.5, 0.6) is 5.75 Å². The molecule has 0 fully saturated rings. The largest absolute Gasteiger partial charge is 0.507 e. The predicted octanol–water partition coefficient (Wildman–Crippen LogP) is 2.94. The van der Waals surface area contributed by atoms with Crippen molar-refractivity contribution in [3.8, 4) is 5.75 Å². The normalized spacial score (nSPS) is 10.3. The average Bonchev–Trinajstić information content (AvgIpc) is 2.52. The zero-order valence-electron chi connectivity index (χ0n) is 11.9. The van der Waals surface area contributed by atoms with Crippen LogP contribution in [0.1, 0.15) is 21.5 Å². The third kappa shape index (κ3) is 4.07.